The third-order valence-electron chi connectivity index (χ3n) is 8.32. The number of nitrogens with zero attached hydrogens (tertiary/aromatic N) is 2. The Morgan fingerprint density at radius 1 is 1.17 bits per heavy atom. The van der Waals surface area contributed by atoms with Gasteiger partial charge in [0.2, 0.25) is 10.0 Å². The number of H-pyrrole nitrogens is 1. The van der Waals surface area contributed by atoms with Crippen LogP contribution in [0.25, 0.3) is 10.9 Å². The molecule has 1 saturated heterocycles. The summed E-state index contributed by atoms with van der Waals surface area (Å²) in [5.41, 5.74) is 2.97. The van der Waals surface area contributed by atoms with Crippen LogP contribution in [0.1, 0.15) is 43.0 Å². The molecule has 7 nitrogen and oxygen atoms in total. The standard InChI is InChI=1S/C27H32FN3O4S/c1-35-20-7-8-22-23(14-20)29-26-24(16-32)30(15-18-5-6-18)17-27(25(22)26)9-11-31(12-10-27)36(33,34)21-4-2-3-19(28)13-21/h2-4,7-8,13-14,18,24,29,32H,5-6,9-12,15-17H2,1H3/t24-/m0/s1. The lowest BCUT2D eigenvalue weighted by Crippen LogP contribution is -2.54. The second-order valence-corrected chi connectivity index (χ2v) is 12.5. The lowest BCUT2D eigenvalue weighted by atomic mass is 9.68. The lowest BCUT2D eigenvalue weighted by Gasteiger charge is -2.50. The fourth-order valence-corrected chi connectivity index (χ4v) is 7.75. The van der Waals surface area contributed by atoms with Crippen LogP contribution in [0.5, 0.6) is 5.75 Å². The molecule has 1 spiro atoms. The van der Waals surface area contributed by atoms with Crippen LogP contribution in [0.4, 0.5) is 4.39 Å². The number of hydrogen-bond acceptors (Lipinski definition) is 5. The van der Waals surface area contributed by atoms with Gasteiger partial charge in [0.1, 0.15) is 11.6 Å². The number of aromatic nitrogens is 1. The molecule has 6 rings (SSSR count). The average Bonchev–Trinajstić information content (AvgIpc) is 3.60. The Kier molecular flexibility index (Phi) is 5.87. The van der Waals surface area contributed by atoms with Gasteiger partial charge in [-0.05, 0) is 67.5 Å². The molecule has 1 atom stereocenters. The van der Waals surface area contributed by atoms with E-state index in [9.17, 15) is 17.9 Å². The Balaban J connectivity index is 1.39. The number of ether oxygens (including phenoxy) is 1. The van der Waals surface area contributed by atoms with Gasteiger partial charge >= 0.3 is 0 Å². The molecule has 1 aliphatic carbocycles. The summed E-state index contributed by atoms with van der Waals surface area (Å²) in [4.78, 5) is 6.01. The monoisotopic (exact) mass is 513 g/mol. The first-order chi connectivity index (χ1) is 17.3. The minimum absolute atomic E-state index is 0.00215. The van der Waals surface area contributed by atoms with Gasteiger partial charge in [-0.15, -0.1) is 0 Å². The third kappa shape index (κ3) is 3.93. The Morgan fingerprint density at radius 3 is 2.61 bits per heavy atom. The normalized spacial score (nSPS) is 22.7. The van der Waals surface area contributed by atoms with Crippen molar-refractivity contribution < 1.29 is 22.7 Å². The number of nitrogens with one attached hydrogen (secondary N) is 1. The minimum Gasteiger partial charge on any atom is -0.497 e. The molecule has 0 amide bonds. The van der Waals surface area contributed by atoms with Gasteiger partial charge in [0.15, 0.2) is 0 Å². The molecule has 2 fully saturated rings. The zero-order chi connectivity index (χ0) is 25.1. The van der Waals surface area contributed by atoms with E-state index in [0.717, 1.165) is 41.5 Å². The molecule has 9 heteroatoms. The topological polar surface area (TPSA) is 85.9 Å². The van der Waals surface area contributed by atoms with Gasteiger partial charge in [-0.1, -0.05) is 6.07 Å². The number of piperidine rings is 1. The zero-order valence-corrected chi connectivity index (χ0v) is 21.2. The molecule has 2 N–H and O–H groups in total. The highest BCUT2D eigenvalue weighted by atomic mass is 32.2. The number of methoxy groups -OCH3 is 1. The van der Waals surface area contributed by atoms with Gasteiger partial charge in [-0.25, -0.2) is 12.8 Å². The van der Waals surface area contributed by atoms with Crippen LogP contribution in [-0.2, 0) is 15.4 Å². The van der Waals surface area contributed by atoms with Crippen LogP contribution in [0.2, 0.25) is 0 Å². The molecule has 0 unspecified atom stereocenters. The predicted molar refractivity (Wildman–Crippen MR) is 135 cm³/mol. The highest BCUT2D eigenvalue weighted by molar-refractivity contribution is 7.89. The van der Waals surface area contributed by atoms with E-state index < -0.39 is 15.8 Å². The second-order valence-electron chi connectivity index (χ2n) is 10.5. The molecule has 1 aromatic heterocycles. The SMILES string of the molecule is COc1ccc2c3c([nH]c2c1)[C@H](CO)N(CC1CC1)CC31CCN(S(=O)(=O)c2cccc(F)c2)CC1. The van der Waals surface area contributed by atoms with Crippen LogP contribution < -0.4 is 4.74 Å². The molecule has 2 aliphatic heterocycles. The Bertz CT molecular complexity index is 1390. The van der Waals surface area contributed by atoms with Gasteiger partial charge in [0.05, 0.1) is 24.7 Å². The Labute approximate surface area is 210 Å². The van der Waals surface area contributed by atoms with Crippen molar-refractivity contribution in [2.75, 3.05) is 39.9 Å². The molecule has 0 bridgehead atoms. The van der Waals surface area contributed by atoms with E-state index in [1.165, 1.54) is 40.9 Å². The number of hydrogen-bond donors (Lipinski definition) is 2. The van der Waals surface area contributed by atoms with Crippen molar-refractivity contribution in [3.05, 3.63) is 59.5 Å². The number of benzene rings is 2. The summed E-state index contributed by atoms with van der Waals surface area (Å²) >= 11 is 0. The van der Waals surface area contributed by atoms with Crippen LogP contribution in [0, 0.1) is 11.7 Å². The number of fused-ring (bicyclic) bond motifs is 4. The van der Waals surface area contributed by atoms with E-state index in [0.29, 0.717) is 31.8 Å². The van der Waals surface area contributed by atoms with Crippen molar-refractivity contribution in [2.45, 2.75) is 42.0 Å². The molecule has 2 aromatic carbocycles. The number of aliphatic hydroxyl groups excluding tert-OH is 1. The van der Waals surface area contributed by atoms with E-state index in [-0.39, 0.29) is 23.0 Å². The summed E-state index contributed by atoms with van der Waals surface area (Å²) < 4.78 is 47.3. The maximum absolute atomic E-state index is 13.8. The van der Waals surface area contributed by atoms with E-state index in [1.807, 2.05) is 12.1 Å². The van der Waals surface area contributed by atoms with Crippen LogP contribution >= 0.6 is 0 Å². The quantitative estimate of drug-likeness (QED) is 0.524. The van der Waals surface area contributed by atoms with Gasteiger partial charge in [0, 0.05) is 54.3 Å². The molecule has 36 heavy (non-hydrogen) atoms. The highest BCUT2D eigenvalue weighted by Gasteiger charge is 2.49. The fourth-order valence-electron chi connectivity index (χ4n) is 6.28. The van der Waals surface area contributed by atoms with Gasteiger partial charge in [-0.3, -0.25) is 4.90 Å². The molecule has 192 valence electrons. The number of sulfonamides is 1. The highest BCUT2D eigenvalue weighted by Crippen LogP contribution is 2.50. The number of aromatic amines is 1. The molecule has 1 saturated carbocycles. The zero-order valence-electron chi connectivity index (χ0n) is 20.4. The molecule has 0 radical (unpaired) electrons. The minimum atomic E-state index is -3.78. The largest absolute Gasteiger partial charge is 0.497 e. The first kappa shape index (κ1) is 23.9. The summed E-state index contributed by atoms with van der Waals surface area (Å²) in [6, 6.07) is 11.2. The second kappa shape index (κ2) is 8.83. The Hall–Kier alpha value is -2.46. The maximum atomic E-state index is 13.8. The first-order valence-corrected chi connectivity index (χ1v) is 14.1. The van der Waals surface area contributed by atoms with Crippen molar-refractivity contribution in [3.63, 3.8) is 0 Å². The summed E-state index contributed by atoms with van der Waals surface area (Å²) in [6.45, 7) is 2.48. The number of aliphatic hydroxyl groups is 1. The summed E-state index contributed by atoms with van der Waals surface area (Å²) in [5, 5.41) is 11.6. The third-order valence-corrected chi connectivity index (χ3v) is 10.2. The van der Waals surface area contributed by atoms with E-state index >= 15 is 0 Å². The van der Waals surface area contributed by atoms with E-state index in [2.05, 4.69) is 16.0 Å². The first-order valence-electron chi connectivity index (χ1n) is 12.7. The fraction of sp³-hybridized carbons (Fsp3) is 0.481. The summed E-state index contributed by atoms with van der Waals surface area (Å²) in [5.74, 6) is 0.874. The van der Waals surface area contributed by atoms with Crippen LogP contribution in [0.3, 0.4) is 0 Å². The molecule has 3 heterocycles. The van der Waals surface area contributed by atoms with E-state index in [4.69, 9.17) is 4.74 Å². The molecular formula is C27H32FN3O4S. The van der Waals surface area contributed by atoms with Gasteiger partial charge in [-0.2, -0.15) is 4.31 Å². The van der Waals surface area contributed by atoms with Crippen molar-refractivity contribution in [3.8, 4) is 5.75 Å². The molecule has 3 aliphatic rings. The van der Waals surface area contributed by atoms with Crippen molar-refractivity contribution in [1.82, 2.24) is 14.2 Å². The average molecular weight is 514 g/mol. The van der Waals surface area contributed by atoms with Crippen LogP contribution in [0.15, 0.2) is 47.4 Å². The summed E-state index contributed by atoms with van der Waals surface area (Å²) in [7, 11) is -2.13. The van der Waals surface area contributed by atoms with Gasteiger partial charge < -0.3 is 14.8 Å². The van der Waals surface area contributed by atoms with Crippen LogP contribution in [-0.4, -0.2) is 67.6 Å². The van der Waals surface area contributed by atoms with Crippen molar-refractivity contribution in [1.29, 1.82) is 0 Å². The smallest absolute Gasteiger partial charge is 0.243 e. The van der Waals surface area contributed by atoms with Crippen molar-refractivity contribution in [2.24, 2.45) is 5.92 Å². The Morgan fingerprint density at radius 2 is 1.94 bits per heavy atom. The van der Waals surface area contributed by atoms with Gasteiger partial charge in [0.25, 0.3) is 0 Å². The molecular weight excluding hydrogens is 481 g/mol. The number of halogens is 1. The maximum Gasteiger partial charge on any atom is 0.243 e. The number of rotatable bonds is 6. The summed E-state index contributed by atoms with van der Waals surface area (Å²) in [6.07, 6.45) is 3.76. The molecule has 3 aromatic rings. The lowest BCUT2D eigenvalue weighted by molar-refractivity contribution is 0.0558. The van der Waals surface area contributed by atoms with Crippen molar-refractivity contribution >= 4 is 20.9 Å². The van der Waals surface area contributed by atoms with E-state index in [1.54, 1.807) is 7.11 Å². The predicted octanol–water partition coefficient (Wildman–Crippen LogP) is 3.80.